The summed E-state index contributed by atoms with van der Waals surface area (Å²) in [5.74, 6) is 0.539. The zero-order chi connectivity index (χ0) is 12.8. The highest BCUT2D eigenvalue weighted by molar-refractivity contribution is 6.26. The van der Waals surface area contributed by atoms with E-state index in [1.807, 2.05) is 0 Å². The van der Waals surface area contributed by atoms with Crippen LogP contribution in [0.5, 0.6) is 23.0 Å². The summed E-state index contributed by atoms with van der Waals surface area (Å²) in [4.78, 5) is 11.2. The van der Waals surface area contributed by atoms with Crippen molar-refractivity contribution in [2.75, 3.05) is 27.2 Å². The van der Waals surface area contributed by atoms with Gasteiger partial charge in [-0.1, -0.05) is 0 Å². The number of esters is 1. The average molecular weight is 261 g/mol. The summed E-state index contributed by atoms with van der Waals surface area (Å²) in [5.41, 5.74) is 0. The smallest absolute Gasteiger partial charge is 0.326 e. The molecule has 0 aromatic heterocycles. The van der Waals surface area contributed by atoms with Gasteiger partial charge in [0.2, 0.25) is 5.75 Å². The largest absolute Gasteiger partial charge is 0.496 e. The fourth-order valence-corrected chi connectivity index (χ4v) is 1.27. The number of carbonyl (C=O) groups is 1. The molecule has 0 unspecified atom stereocenters. The first-order chi connectivity index (χ1) is 8.15. The lowest BCUT2D eigenvalue weighted by Crippen LogP contribution is -2.10. The Kier molecular flexibility index (Phi) is 4.90. The highest BCUT2D eigenvalue weighted by Gasteiger charge is 2.17. The van der Waals surface area contributed by atoms with E-state index in [1.54, 1.807) is 12.1 Å². The predicted octanol–water partition coefficient (Wildman–Crippen LogP) is 1.86. The molecule has 0 saturated heterocycles. The van der Waals surface area contributed by atoms with Crippen molar-refractivity contribution in [3.05, 3.63) is 12.1 Å². The van der Waals surface area contributed by atoms with Crippen molar-refractivity contribution in [3.63, 3.8) is 0 Å². The molecule has 0 aliphatic rings. The van der Waals surface area contributed by atoms with Gasteiger partial charge >= 0.3 is 5.97 Å². The summed E-state index contributed by atoms with van der Waals surface area (Å²) < 4.78 is 20.3. The third-order valence-electron chi connectivity index (χ3n) is 1.99. The molecule has 5 nitrogen and oxygen atoms in total. The van der Waals surface area contributed by atoms with Gasteiger partial charge in [0.1, 0.15) is 11.6 Å². The number of ether oxygens (including phenoxy) is 4. The molecule has 0 spiro atoms. The van der Waals surface area contributed by atoms with E-state index >= 15 is 0 Å². The zero-order valence-electron chi connectivity index (χ0n) is 9.78. The van der Waals surface area contributed by atoms with Gasteiger partial charge in [-0.25, -0.2) is 0 Å². The van der Waals surface area contributed by atoms with Gasteiger partial charge < -0.3 is 18.9 Å². The van der Waals surface area contributed by atoms with Crippen molar-refractivity contribution in [2.45, 2.75) is 0 Å². The maximum Gasteiger partial charge on any atom is 0.326 e. The van der Waals surface area contributed by atoms with E-state index in [9.17, 15) is 4.79 Å². The van der Waals surface area contributed by atoms with E-state index in [1.165, 1.54) is 21.3 Å². The number of benzene rings is 1. The van der Waals surface area contributed by atoms with E-state index in [-0.39, 0.29) is 11.6 Å². The van der Waals surface area contributed by atoms with E-state index in [0.717, 1.165) is 0 Å². The molecule has 0 bridgehead atoms. The molecular weight excluding hydrogens is 248 g/mol. The lowest BCUT2D eigenvalue weighted by Gasteiger charge is -2.14. The summed E-state index contributed by atoms with van der Waals surface area (Å²) in [7, 11) is 4.41. The molecule has 0 aliphatic carbocycles. The Bertz CT molecular complexity index is 380. The fourth-order valence-electron chi connectivity index (χ4n) is 1.22. The number of methoxy groups -OCH3 is 3. The maximum absolute atomic E-state index is 11.2. The first-order valence-electron chi connectivity index (χ1n) is 4.73. The lowest BCUT2D eigenvalue weighted by atomic mass is 10.2. The van der Waals surface area contributed by atoms with Gasteiger partial charge in [-0.2, -0.15) is 0 Å². The van der Waals surface area contributed by atoms with Gasteiger partial charge in [0, 0.05) is 12.1 Å². The molecule has 6 heteroatoms. The second-order valence-corrected chi connectivity index (χ2v) is 3.24. The van der Waals surface area contributed by atoms with Crippen molar-refractivity contribution in [1.82, 2.24) is 0 Å². The van der Waals surface area contributed by atoms with E-state index in [2.05, 4.69) is 0 Å². The number of halogens is 1. The molecule has 0 N–H and O–H groups in total. The Balaban J connectivity index is 3.19. The first-order valence-corrected chi connectivity index (χ1v) is 5.26. The molecule has 0 radical (unpaired) electrons. The van der Waals surface area contributed by atoms with Crippen molar-refractivity contribution < 1.29 is 23.7 Å². The normalized spacial score (nSPS) is 9.65. The van der Waals surface area contributed by atoms with Crippen LogP contribution in [0.15, 0.2) is 12.1 Å². The van der Waals surface area contributed by atoms with Gasteiger partial charge in [-0.05, 0) is 0 Å². The van der Waals surface area contributed by atoms with Gasteiger partial charge in [-0.15, -0.1) is 11.6 Å². The molecule has 0 atom stereocenters. The molecule has 0 heterocycles. The zero-order valence-corrected chi connectivity index (χ0v) is 10.5. The summed E-state index contributed by atoms with van der Waals surface area (Å²) in [6, 6.07) is 3.17. The molecule has 0 aliphatic heterocycles. The van der Waals surface area contributed by atoms with Crippen LogP contribution in [0.1, 0.15) is 0 Å². The van der Waals surface area contributed by atoms with Crippen LogP contribution in [-0.4, -0.2) is 33.2 Å². The Hall–Kier alpha value is -1.62. The van der Waals surface area contributed by atoms with E-state index in [4.69, 9.17) is 30.5 Å². The van der Waals surface area contributed by atoms with E-state index < -0.39 is 5.97 Å². The molecule has 0 amide bonds. The molecule has 0 fully saturated rings. The topological polar surface area (TPSA) is 54.0 Å². The average Bonchev–Trinajstić information content (AvgIpc) is 2.38. The minimum absolute atomic E-state index is 0.182. The highest BCUT2D eigenvalue weighted by atomic mass is 35.5. The molecule has 17 heavy (non-hydrogen) atoms. The fraction of sp³-hybridized carbons (Fsp3) is 0.364. The first kappa shape index (κ1) is 13.4. The minimum Gasteiger partial charge on any atom is -0.496 e. The van der Waals surface area contributed by atoms with Crippen LogP contribution in [-0.2, 0) is 4.79 Å². The van der Waals surface area contributed by atoms with Gasteiger partial charge in [-0.3, -0.25) is 4.79 Å². The van der Waals surface area contributed by atoms with Crippen molar-refractivity contribution in [2.24, 2.45) is 0 Å². The summed E-state index contributed by atoms with van der Waals surface area (Å²) in [6.45, 7) is 0. The third-order valence-corrected chi connectivity index (χ3v) is 2.21. The van der Waals surface area contributed by atoms with Crippen LogP contribution in [0.25, 0.3) is 0 Å². The standard InChI is InChI=1S/C11H13ClO5/c1-14-7-4-8(15-2)11(9(5-7)16-3)17-10(13)6-12/h4-5H,6H2,1-3H3. The Morgan fingerprint density at radius 2 is 1.65 bits per heavy atom. The number of rotatable bonds is 5. The number of carbonyl (C=O) groups excluding carboxylic acids is 1. The second-order valence-electron chi connectivity index (χ2n) is 2.97. The van der Waals surface area contributed by atoms with Crippen LogP contribution >= 0.6 is 11.6 Å². The Morgan fingerprint density at radius 3 is 2.00 bits per heavy atom. The molecule has 0 saturated carbocycles. The predicted molar refractivity (Wildman–Crippen MR) is 62.5 cm³/mol. The van der Waals surface area contributed by atoms with Crippen LogP contribution in [0.4, 0.5) is 0 Å². The molecule has 1 aromatic rings. The summed E-state index contributed by atoms with van der Waals surface area (Å²) >= 11 is 5.37. The van der Waals surface area contributed by atoms with Crippen LogP contribution in [0, 0.1) is 0 Å². The van der Waals surface area contributed by atoms with Crippen molar-refractivity contribution >= 4 is 17.6 Å². The Labute approximate surface area is 104 Å². The molecule has 1 aromatic carbocycles. The van der Waals surface area contributed by atoms with Gasteiger partial charge in [0.25, 0.3) is 0 Å². The maximum atomic E-state index is 11.2. The van der Waals surface area contributed by atoms with E-state index in [0.29, 0.717) is 17.2 Å². The van der Waals surface area contributed by atoms with Gasteiger partial charge in [0.15, 0.2) is 11.5 Å². The molecular formula is C11H13ClO5. The quantitative estimate of drug-likeness (QED) is 0.459. The lowest BCUT2D eigenvalue weighted by molar-refractivity contribution is -0.131. The number of alkyl halides is 1. The van der Waals surface area contributed by atoms with Crippen molar-refractivity contribution in [3.8, 4) is 23.0 Å². The number of hydrogen-bond acceptors (Lipinski definition) is 5. The SMILES string of the molecule is COc1cc(OC)c(OC(=O)CCl)c(OC)c1. The molecule has 94 valence electrons. The van der Waals surface area contributed by atoms with Crippen LogP contribution in [0.3, 0.4) is 0 Å². The summed E-state index contributed by atoms with van der Waals surface area (Å²) in [6.07, 6.45) is 0. The number of hydrogen-bond donors (Lipinski definition) is 0. The third kappa shape index (κ3) is 3.17. The molecule has 1 rings (SSSR count). The summed E-state index contributed by atoms with van der Waals surface area (Å²) in [5, 5.41) is 0. The minimum atomic E-state index is -0.589. The van der Waals surface area contributed by atoms with Crippen molar-refractivity contribution in [1.29, 1.82) is 0 Å². The van der Waals surface area contributed by atoms with Crippen LogP contribution < -0.4 is 18.9 Å². The van der Waals surface area contributed by atoms with Gasteiger partial charge in [0.05, 0.1) is 21.3 Å². The highest BCUT2D eigenvalue weighted by Crippen LogP contribution is 2.41. The van der Waals surface area contributed by atoms with Crippen LogP contribution in [0.2, 0.25) is 0 Å². The second kappa shape index (κ2) is 6.20. The monoisotopic (exact) mass is 260 g/mol. The Morgan fingerprint density at radius 1 is 1.12 bits per heavy atom.